The van der Waals surface area contributed by atoms with Gasteiger partial charge in [-0.2, -0.15) is 0 Å². The summed E-state index contributed by atoms with van der Waals surface area (Å²) in [5.41, 5.74) is 4.74. The molecule has 26 heavy (non-hydrogen) atoms. The van der Waals surface area contributed by atoms with Crippen LogP contribution in [-0.2, 0) is 12.8 Å². The number of rotatable bonds is 5. The number of piperidine rings is 2. The molecule has 0 aliphatic carbocycles. The fourth-order valence-electron chi connectivity index (χ4n) is 5.34. The smallest absolute Gasteiger partial charge is 0.0404 e. The largest absolute Gasteiger partial charge is 0.368 e. The molecule has 3 heteroatoms. The van der Waals surface area contributed by atoms with Gasteiger partial charge >= 0.3 is 0 Å². The van der Waals surface area contributed by atoms with Gasteiger partial charge < -0.3 is 14.7 Å². The van der Waals surface area contributed by atoms with Crippen LogP contribution in [0, 0.1) is 5.92 Å². The van der Waals surface area contributed by atoms with Gasteiger partial charge in [0.05, 0.1) is 0 Å². The van der Waals surface area contributed by atoms with Crippen molar-refractivity contribution >= 4 is 5.69 Å². The van der Waals surface area contributed by atoms with Crippen LogP contribution in [0.4, 0.5) is 5.69 Å². The molecule has 144 valence electrons. The second-order valence-corrected chi connectivity index (χ2v) is 8.65. The highest BCUT2D eigenvalue weighted by Crippen LogP contribution is 2.34. The van der Waals surface area contributed by atoms with E-state index in [4.69, 9.17) is 0 Å². The summed E-state index contributed by atoms with van der Waals surface area (Å²) in [7, 11) is 0. The second-order valence-electron chi connectivity index (χ2n) is 8.65. The average Bonchev–Trinajstić information content (AvgIpc) is 3.12. The van der Waals surface area contributed by atoms with Gasteiger partial charge in [-0.05, 0) is 87.8 Å². The summed E-state index contributed by atoms with van der Waals surface area (Å²) < 4.78 is 0. The Balaban J connectivity index is 1.40. The van der Waals surface area contributed by atoms with Crippen LogP contribution in [0.15, 0.2) is 18.2 Å². The molecule has 0 spiro atoms. The summed E-state index contributed by atoms with van der Waals surface area (Å²) in [6.45, 7) is 13.4. The number of hydrogen-bond acceptors (Lipinski definition) is 3. The molecular formula is C23H37N3. The minimum absolute atomic E-state index is 0.766. The molecule has 0 radical (unpaired) electrons. The molecule has 1 aromatic rings. The van der Waals surface area contributed by atoms with Gasteiger partial charge in [-0.3, -0.25) is 0 Å². The third kappa shape index (κ3) is 3.94. The summed E-state index contributed by atoms with van der Waals surface area (Å²) in [6.07, 6.45) is 7.97. The highest BCUT2D eigenvalue weighted by atomic mass is 15.2. The zero-order valence-corrected chi connectivity index (χ0v) is 16.9. The van der Waals surface area contributed by atoms with Gasteiger partial charge in [0.2, 0.25) is 0 Å². The minimum atomic E-state index is 0.766. The summed E-state index contributed by atoms with van der Waals surface area (Å²) in [4.78, 5) is 7.96. The van der Waals surface area contributed by atoms with Crippen LogP contribution in [0.5, 0.6) is 0 Å². The molecule has 0 atom stereocenters. The first-order chi connectivity index (χ1) is 12.8. The molecule has 3 heterocycles. The fourth-order valence-corrected chi connectivity index (χ4v) is 5.34. The topological polar surface area (TPSA) is 9.72 Å². The van der Waals surface area contributed by atoms with Crippen molar-refractivity contribution in [3.05, 3.63) is 29.3 Å². The number of benzene rings is 1. The van der Waals surface area contributed by atoms with E-state index in [0.29, 0.717) is 0 Å². The molecule has 0 unspecified atom stereocenters. The van der Waals surface area contributed by atoms with E-state index in [-0.39, 0.29) is 0 Å². The minimum Gasteiger partial charge on any atom is -0.368 e. The van der Waals surface area contributed by atoms with E-state index >= 15 is 0 Å². The van der Waals surface area contributed by atoms with Crippen molar-refractivity contribution in [2.24, 2.45) is 5.92 Å². The SMILES string of the molecule is CCN1CCC(Cc2ccc3c(c2)N(C2CCN(CC)CC2)CC3)CC1. The Kier molecular flexibility index (Phi) is 5.85. The predicted molar refractivity (Wildman–Crippen MR) is 111 cm³/mol. The van der Waals surface area contributed by atoms with E-state index in [1.54, 1.807) is 16.8 Å². The van der Waals surface area contributed by atoms with Crippen LogP contribution in [0.3, 0.4) is 0 Å². The summed E-state index contributed by atoms with van der Waals surface area (Å²) in [6, 6.07) is 8.18. The highest BCUT2D eigenvalue weighted by molar-refractivity contribution is 5.60. The maximum absolute atomic E-state index is 2.76. The number of hydrogen-bond donors (Lipinski definition) is 0. The molecule has 3 nitrogen and oxygen atoms in total. The number of fused-ring (bicyclic) bond motifs is 1. The molecule has 0 saturated carbocycles. The third-order valence-electron chi connectivity index (χ3n) is 7.21. The van der Waals surface area contributed by atoms with E-state index in [9.17, 15) is 0 Å². The zero-order chi connectivity index (χ0) is 17.9. The van der Waals surface area contributed by atoms with E-state index in [1.165, 1.54) is 84.3 Å². The molecule has 3 aliphatic rings. The Bertz CT molecular complexity index is 583. The van der Waals surface area contributed by atoms with E-state index in [1.807, 2.05) is 0 Å². The summed E-state index contributed by atoms with van der Waals surface area (Å²) in [5, 5.41) is 0. The molecule has 3 aliphatic heterocycles. The lowest BCUT2D eigenvalue weighted by Gasteiger charge is -2.38. The summed E-state index contributed by atoms with van der Waals surface area (Å²) >= 11 is 0. The Morgan fingerprint density at radius 3 is 2.15 bits per heavy atom. The maximum atomic E-state index is 2.76. The molecule has 1 aromatic carbocycles. The lowest BCUT2D eigenvalue weighted by atomic mass is 9.89. The zero-order valence-electron chi connectivity index (χ0n) is 16.9. The van der Waals surface area contributed by atoms with Crippen molar-refractivity contribution in [2.45, 2.75) is 58.4 Å². The first-order valence-corrected chi connectivity index (χ1v) is 11.1. The van der Waals surface area contributed by atoms with Crippen LogP contribution < -0.4 is 4.90 Å². The number of likely N-dealkylation sites (tertiary alicyclic amines) is 2. The Labute approximate surface area is 160 Å². The van der Waals surface area contributed by atoms with Crippen LogP contribution in [0.1, 0.15) is 50.7 Å². The van der Waals surface area contributed by atoms with Crippen molar-refractivity contribution in [3.63, 3.8) is 0 Å². The van der Waals surface area contributed by atoms with Crippen LogP contribution >= 0.6 is 0 Å². The van der Waals surface area contributed by atoms with Gasteiger partial charge in [-0.1, -0.05) is 26.0 Å². The Morgan fingerprint density at radius 2 is 1.50 bits per heavy atom. The molecule has 0 bridgehead atoms. The molecular weight excluding hydrogens is 318 g/mol. The van der Waals surface area contributed by atoms with E-state index in [2.05, 4.69) is 46.7 Å². The highest BCUT2D eigenvalue weighted by Gasteiger charge is 2.29. The van der Waals surface area contributed by atoms with Gasteiger partial charge in [0.1, 0.15) is 0 Å². The standard InChI is InChI=1S/C23H37N3/c1-3-24-12-7-19(8-13-24)17-20-5-6-21-9-16-26(23(21)18-20)22-10-14-25(4-2)15-11-22/h5-6,18-19,22H,3-4,7-17H2,1-2H3. The van der Waals surface area contributed by atoms with Gasteiger partial charge in [0.25, 0.3) is 0 Å². The molecule has 4 rings (SSSR count). The summed E-state index contributed by atoms with van der Waals surface area (Å²) in [5.74, 6) is 0.887. The molecule has 2 fully saturated rings. The monoisotopic (exact) mass is 355 g/mol. The normalized spacial score (nSPS) is 23.5. The van der Waals surface area contributed by atoms with Crippen molar-refractivity contribution in [1.29, 1.82) is 0 Å². The van der Waals surface area contributed by atoms with Gasteiger partial charge in [0.15, 0.2) is 0 Å². The first kappa shape index (κ1) is 18.3. The van der Waals surface area contributed by atoms with Crippen LogP contribution in [-0.4, -0.2) is 61.7 Å². The molecule has 2 saturated heterocycles. The lowest BCUT2D eigenvalue weighted by molar-refractivity contribution is 0.192. The number of anilines is 1. The van der Waals surface area contributed by atoms with Gasteiger partial charge in [-0.15, -0.1) is 0 Å². The van der Waals surface area contributed by atoms with Crippen LogP contribution in [0.2, 0.25) is 0 Å². The first-order valence-electron chi connectivity index (χ1n) is 11.1. The predicted octanol–water partition coefficient (Wildman–Crippen LogP) is 3.81. The van der Waals surface area contributed by atoms with Crippen molar-refractivity contribution in [3.8, 4) is 0 Å². The average molecular weight is 356 g/mol. The molecule has 0 aromatic heterocycles. The van der Waals surface area contributed by atoms with E-state index < -0.39 is 0 Å². The Hall–Kier alpha value is -1.06. The van der Waals surface area contributed by atoms with Crippen molar-refractivity contribution in [2.75, 3.05) is 50.7 Å². The number of nitrogens with zero attached hydrogens (tertiary/aromatic N) is 3. The van der Waals surface area contributed by atoms with Gasteiger partial charge in [0, 0.05) is 31.4 Å². The van der Waals surface area contributed by atoms with Crippen LogP contribution in [0.25, 0.3) is 0 Å². The second kappa shape index (κ2) is 8.31. The Morgan fingerprint density at radius 1 is 0.846 bits per heavy atom. The molecule has 0 amide bonds. The van der Waals surface area contributed by atoms with Crippen molar-refractivity contribution in [1.82, 2.24) is 9.80 Å². The van der Waals surface area contributed by atoms with Gasteiger partial charge in [-0.25, -0.2) is 0 Å². The lowest BCUT2D eigenvalue weighted by Crippen LogP contribution is -2.44. The molecule has 0 N–H and O–H groups in total. The third-order valence-corrected chi connectivity index (χ3v) is 7.21. The fraction of sp³-hybridized carbons (Fsp3) is 0.739. The maximum Gasteiger partial charge on any atom is 0.0404 e. The van der Waals surface area contributed by atoms with E-state index in [0.717, 1.165) is 12.0 Å². The quantitative estimate of drug-likeness (QED) is 0.795. The van der Waals surface area contributed by atoms with Crippen molar-refractivity contribution < 1.29 is 0 Å².